The smallest absolute Gasteiger partial charge is 0.0670 e. The van der Waals surface area contributed by atoms with Crippen LogP contribution in [0, 0.1) is 24.2 Å². The molecule has 1 aromatic heterocycles. The van der Waals surface area contributed by atoms with Crippen LogP contribution in [-0.2, 0) is 25.9 Å². The number of hydrogen-bond acceptors (Lipinski definition) is 4. The van der Waals surface area contributed by atoms with Gasteiger partial charge in [-0.3, -0.25) is 4.98 Å². The van der Waals surface area contributed by atoms with Crippen LogP contribution in [0.3, 0.4) is 0 Å². The van der Waals surface area contributed by atoms with Gasteiger partial charge < -0.3 is 11.5 Å². The van der Waals surface area contributed by atoms with Gasteiger partial charge in [-0.2, -0.15) is 5.26 Å². The molecule has 2 aromatic rings. The van der Waals surface area contributed by atoms with E-state index in [1.807, 2.05) is 19.1 Å². The van der Waals surface area contributed by atoms with Crippen LogP contribution in [0.4, 0.5) is 0 Å². The Morgan fingerprint density at radius 2 is 1.75 bits per heavy atom. The number of nitriles is 1. The van der Waals surface area contributed by atoms with E-state index >= 15 is 0 Å². The number of rotatable bonds is 6. The molecule has 0 unspecified atom stereocenters. The van der Waals surface area contributed by atoms with Crippen molar-refractivity contribution in [2.45, 2.75) is 46.7 Å². The summed E-state index contributed by atoms with van der Waals surface area (Å²) in [4.78, 5) is 4.77. The molecule has 0 bridgehead atoms. The van der Waals surface area contributed by atoms with Crippen LogP contribution < -0.4 is 11.5 Å². The summed E-state index contributed by atoms with van der Waals surface area (Å²) in [6, 6.07) is 10.5. The van der Waals surface area contributed by atoms with Crippen LogP contribution in [0.5, 0.6) is 0 Å². The summed E-state index contributed by atoms with van der Waals surface area (Å²) in [7, 11) is 0. The van der Waals surface area contributed by atoms with Gasteiger partial charge in [0.2, 0.25) is 0 Å². The highest BCUT2D eigenvalue weighted by Gasteiger charge is 2.18. The number of benzene rings is 1. The molecule has 0 aliphatic rings. The summed E-state index contributed by atoms with van der Waals surface area (Å²) in [6.07, 6.45) is 1.22. The average Bonchev–Trinajstić information content (AvgIpc) is 2.56. The minimum atomic E-state index is 0.335. The molecule has 0 saturated heterocycles. The maximum atomic E-state index is 9.25. The van der Waals surface area contributed by atoms with Gasteiger partial charge in [0.15, 0.2) is 0 Å². The number of hydrogen-bond donors (Lipinski definition) is 2. The lowest BCUT2D eigenvalue weighted by Gasteiger charge is -2.20. The summed E-state index contributed by atoms with van der Waals surface area (Å²) in [6.45, 7) is 7.27. The Kier molecular flexibility index (Phi) is 6.08. The molecule has 0 amide bonds. The Hall–Kier alpha value is -2.22. The first-order valence-electron chi connectivity index (χ1n) is 8.39. The van der Waals surface area contributed by atoms with Gasteiger partial charge in [0.05, 0.1) is 12.5 Å². The van der Waals surface area contributed by atoms with E-state index in [1.54, 1.807) is 0 Å². The zero-order chi connectivity index (χ0) is 17.7. The van der Waals surface area contributed by atoms with Crippen LogP contribution in [0.25, 0.3) is 11.1 Å². The van der Waals surface area contributed by atoms with Gasteiger partial charge in [-0.25, -0.2) is 0 Å². The van der Waals surface area contributed by atoms with Gasteiger partial charge in [-0.05, 0) is 47.1 Å². The lowest BCUT2D eigenvalue weighted by Crippen LogP contribution is -2.13. The summed E-state index contributed by atoms with van der Waals surface area (Å²) >= 11 is 0. The normalized spacial score (nSPS) is 10.9. The van der Waals surface area contributed by atoms with Gasteiger partial charge in [-0.15, -0.1) is 0 Å². The minimum absolute atomic E-state index is 0.335. The largest absolute Gasteiger partial charge is 0.326 e. The van der Waals surface area contributed by atoms with Crippen molar-refractivity contribution >= 4 is 0 Å². The van der Waals surface area contributed by atoms with Gasteiger partial charge >= 0.3 is 0 Å². The summed E-state index contributed by atoms with van der Waals surface area (Å²) < 4.78 is 0. The molecule has 0 atom stereocenters. The summed E-state index contributed by atoms with van der Waals surface area (Å²) in [5.74, 6) is 0.497. The Morgan fingerprint density at radius 3 is 2.25 bits per heavy atom. The van der Waals surface area contributed by atoms with Crippen molar-refractivity contribution in [3.05, 3.63) is 52.3 Å². The zero-order valence-electron chi connectivity index (χ0n) is 14.8. The molecule has 0 fully saturated rings. The Morgan fingerprint density at radius 1 is 1.08 bits per heavy atom. The lowest BCUT2D eigenvalue weighted by atomic mass is 9.89. The summed E-state index contributed by atoms with van der Waals surface area (Å²) in [5, 5.41) is 9.25. The van der Waals surface area contributed by atoms with Gasteiger partial charge in [0.1, 0.15) is 0 Å². The molecular formula is C20H26N4. The van der Waals surface area contributed by atoms with Crippen molar-refractivity contribution in [1.29, 1.82) is 5.26 Å². The van der Waals surface area contributed by atoms with E-state index in [4.69, 9.17) is 16.5 Å². The molecule has 4 heteroatoms. The monoisotopic (exact) mass is 322 g/mol. The van der Waals surface area contributed by atoms with E-state index in [0.29, 0.717) is 25.4 Å². The Bertz CT molecular complexity index is 740. The first kappa shape index (κ1) is 18.1. The van der Waals surface area contributed by atoms with E-state index in [-0.39, 0.29) is 0 Å². The third-order valence-electron chi connectivity index (χ3n) is 4.23. The Balaban J connectivity index is 2.72. The van der Waals surface area contributed by atoms with Crippen molar-refractivity contribution in [1.82, 2.24) is 4.98 Å². The molecule has 0 spiro atoms. The second-order valence-electron chi connectivity index (χ2n) is 6.51. The molecule has 4 nitrogen and oxygen atoms in total. The number of nitrogens with two attached hydrogens (primary N) is 2. The van der Waals surface area contributed by atoms with Gasteiger partial charge in [0, 0.05) is 24.5 Å². The number of aryl methyl sites for hydroxylation is 1. The lowest BCUT2D eigenvalue weighted by molar-refractivity contribution is 0.628. The number of aromatic nitrogens is 1. The molecule has 0 aliphatic carbocycles. The SMILES string of the molecule is Cc1nc(CC(C)C)c(CN)c(-c2ccc(CN)cc2)c1CC#N. The van der Waals surface area contributed by atoms with E-state index in [0.717, 1.165) is 45.6 Å². The van der Waals surface area contributed by atoms with Crippen LogP contribution in [0.15, 0.2) is 24.3 Å². The summed E-state index contributed by atoms with van der Waals surface area (Å²) in [5.41, 5.74) is 19.0. The topological polar surface area (TPSA) is 88.7 Å². The fourth-order valence-electron chi connectivity index (χ4n) is 3.07. The highest BCUT2D eigenvalue weighted by Crippen LogP contribution is 2.32. The predicted octanol–water partition coefficient (Wildman–Crippen LogP) is 3.24. The quantitative estimate of drug-likeness (QED) is 0.854. The highest BCUT2D eigenvalue weighted by atomic mass is 14.7. The fourth-order valence-corrected chi connectivity index (χ4v) is 3.07. The van der Waals surface area contributed by atoms with E-state index in [1.165, 1.54) is 0 Å². The Labute approximate surface area is 144 Å². The molecule has 4 N–H and O–H groups in total. The molecule has 24 heavy (non-hydrogen) atoms. The van der Waals surface area contributed by atoms with Crippen molar-refractivity contribution < 1.29 is 0 Å². The molecule has 0 radical (unpaired) electrons. The number of pyridine rings is 1. The van der Waals surface area contributed by atoms with Crippen LogP contribution >= 0.6 is 0 Å². The van der Waals surface area contributed by atoms with Gasteiger partial charge in [-0.1, -0.05) is 38.1 Å². The zero-order valence-corrected chi connectivity index (χ0v) is 14.8. The maximum Gasteiger partial charge on any atom is 0.0670 e. The molecule has 0 aliphatic heterocycles. The first-order chi connectivity index (χ1) is 11.5. The molecule has 126 valence electrons. The molecule has 1 aromatic carbocycles. The third kappa shape index (κ3) is 3.81. The van der Waals surface area contributed by atoms with Crippen molar-refractivity contribution in [2.75, 3.05) is 0 Å². The molecule has 0 saturated carbocycles. The maximum absolute atomic E-state index is 9.25. The standard InChI is InChI=1S/C20H26N4/c1-13(2)10-19-18(12-23)20(17(8-9-21)14(3)24-19)16-6-4-15(11-22)5-7-16/h4-7,13H,8,10-12,22-23H2,1-3H3. The second-order valence-corrected chi connectivity index (χ2v) is 6.51. The fraction of sp³-hybridized carbons (Fsp3) is 0.400. The van der Waals surface area contributed by atoms with Crippen LogP contribution in [0.2, 0.25) is 0 Å². The van der Waals surface area contributed by atoms with Crippen LogP contribution in [0.1, 0.15) is 41.9 Å². The van der Waals surface area contributed by atoms with Crippen LogP contribution in [-0.4, -0.2) is 4.98 Å². The molecular weight excluding hydrogens is 296 g/mol. The van der Waals surface area contributed by atoms with E-state index in [2.05, 4.69) is 32.0 Å². The third-order valence-corrected chi connectivity index (χ3v) is 4.23. The number of nitrogens with zero attached hydrogens (tertiary/aromatic N) is 2. The van der Waals surface area contributed by atoms with Crippen molar-refractivity contribution in [3.8, 4) is 17.2 Å². The van der Waals surface area contributed by atoms with Crippen molar-refractivity contribution in [3.63, 3.8) is 0 Å². The van der Waals surface area contributed by atoms with Crippen molar-refractivity contribution in [2.24, 2.45) is 17.4 Å². The van der Waals surface area contributed by atoms with Gasteiger partial charge in [0.25, 0.3) is 0 Å². The molecule has 2 rings (SSSR count). The average molecular weight is 322 g/mol. The second kappa shape index (κ2) is 8.05. The highest BCUT2D eigenvalue weighted by molar-refractivity contribution is 5.73. The van der Waals surface area contributed by atoms with E-state index < -0.39 is 0 Å². The minimum Gasteiger partial charge on any atom is -0.326 e. The first-order valence-corrected chi connectivity index (χ1v) is 8.39. The van der Waals surface area contributed by atoms with E-state index in [9.17, 15) is 5.26 Å². The molecule has 1 heterocycles. The predicted molar refractivity (Wildman–Crippen MR) is 98.1 cm³/mol.